The van der Waals surface area contributed by atoms with Gasteiger partial charge in [-0.2, -0.15) is 0 Å². The Morgan fingerprint density at radius 1 is 0.941 bits per heavy atom. The van der Waals surface area contributed by atoms with Crippen molar-refractivity contribution in [3.8, 4) is 0 Å². The van der Waals surface area contributed by atoms with Crippen LogP contribution in [0, 0.1) is 0 Å². The molecule has 0 saturated carbocycles. The molecule has 5 heteroatoms. The highest BCUT2D eigenvalue weighted by atomic mass is 32.2. The molecule has 0 spiro atoms. The van der Waals surface area contributed by atoms with Gasteiger partial charge in [0, 0.05) is 6.54 Å². The van der Waals surface area contributed by atoms with Crippen LogP contribution in [0.4, 0.5) is 0 Å². The lowest BCUT2D eigenvalue weighted by Crippen LogP contribution is -2.49. The molecule has 100 valence electrons. The highest BCUT2D eigenvalue weighted by Crippen LogP contribution is 2.17. The molecule has 0 aromatic rings. The Labute approximate surface area is 107 Å². The zero-order valence-electron chi connectivity index (χ0n) is 10.5. The minimum Gasteiger partial charge on any atom is -0.305 e. The Balaban J connectivity index is 1.88. The van der Waals surface area contributed by atoms with E-state index in [0.29, 0.717) is 0 Å². The third-order valence-corrected chi connectivity index (χ3v) is 4.81. The maximum atomic E-state index is 11.5. The molecule has 2 fully saturated rings. The summed E-state index contributed by atoms with van der Waals surface area (Å²) in [7, 11) is 0. The van der Waals surface area contributed by atoms with Crippen molar-refractivity contribution >= 4 is 11.1 Å². The van der Waals surface area contributed by atoms with Crippen molar-refractivity contribution in [2.75, 3.05) is 32.7 Å². The SMILES string of the molecule is O=S(O)C(CN1CCCCC1)N1CCCCC1. The van der Waals surface area contributed by atoms with Gasteiger partial charge in [-0.15, -0.1) is 0 Å². The summed E-state index contributed by atoms with van der Waals surface area (Å²) in [5.74, 6) is 0. The van der Waals surface area contributed by atoms with Crippen LogP contribution in [0.3, 0.4) is 0 Å². The van der Waals surface area contributed by atoms with E-state index in [-0.39, 0.29) is 5.37 Å². The molecule has 4 nitrogen and oxygen atoms in total. The highest BCUT2D eigenvalue weighted by Gasteiger charge is 2.27. The van der Waals surface area contributed by atoms with Gasteiger partial charge in [0.05, 0.1) is 0 Å². The lowest BCUT2D eigenvalue weighted by atomic mass is 10.1. The first-order valence-corrected chi connectivity index (χ1v) is 8.00. The van der Waals surface area contributed by atoms with Gasteiger partial charge in [-0.3, -0.25) is 4.90 Å². The van der Waals surface area contributed by atoms with Crippen molar-refractivity contribution in [1.82, 2.24) is 9.80 Å². The van der Waals surface area contributed by atoms with E-state index in [1.54, 1.807) is 0 Å². The molecule has 2 aliphatic heterocycles. The van der Waals surface area contributed by atoms with Gasteiger partial charge in [0.15, 0.2) is 11.1 Å². The van der Waals surface area contributed by atoms with E-state index in [1.165, 1.54) is 38.5 Å². The van der Waals surface area contributed by atoms with E-state index >= 15 is 0 Å². The Morgan fingerprint density at radius 2 is 1.47 bits per heavy atom. The van der Waals surface area contributed by atoms with Crippen LogP contribution in [-0.2, 0) is 11.1 Å². The average molecular weight is 260 g/mol. The quantitative estimate of drug-likeness (QED) is 0.778. The summed E-state index contributed by atoms with van der Waals surface area (Å²) in [5.41, 5.74) is 0. The van der Waals surface area contributed by atoms with Gasteiger partial charge in [-0.1, -0.05) is 12.8 Å². The summed E-state index contributed by atoms with van der Waals surface area (Å²) in [4.78, 5) is 4.57. The summed E-state index contributed by atoms with van der Waals surface area (Å²) in [6.45, 7) is 4.95. The Hall–Kier alpha value is 0.0300. The van der Waals surface area contributed by atoms with Gasteiger partial charge in [0.2, 0.25) is 0 Å². The molecular weight excluding hydrogens is 236 g/mol. The van der Waals surface area contributed by atoms with E-state index in [9.17, 15) is 8.76 Å². The number of rotatable bonds is 4. The maximum Gasteiger partial charge on any atom is 0.172 e. The number of hydrogen-bond acceptors (Lipinski definition) is 3. The van der Waals surface area contributed by atoms with Gasteiger partial charge in [-0.05, 0) is 51.9 Å². The molecule has 0 aromatic carbocycles. The fraction of sp³-hybridized carbons (Fsp3) is 1.00. The fourth-order valence-corrected chi connectivity index (χ4v) is 3.68. The molecule has 2 unspecified atom stereocenters. The highest BCUT2D eigenvalue weighted by molar-refractivity contribution is 7.79. The molecule has 0 bridgehead atoms. The zero-order valence-corrected chi connectivity index (χ0v) is 11.3. The van der Waals surface area contributed by atoms with Crippen molar-refractivity contribution in [1.29, 1.82) is 0 Å². The molecule has 1 N–H and O–H groups in total. The van der Waals surface area contributed by atoms with Crippen LogP contribution in [-0.4, -0.2) is 56.7 Å². The van der Waals surface area contributed by atoms with Crippen molar-refractivity contribution < 1.29 is 8.76 Å². The minimum absolute atomic E-state index is 0.173. The number of hydrogen-bond donors (Lipinski definition) is 1. The van der Waals surface area contributed by atoms with Crippen molar-refractivity contribution in [2.45, 2.75) is 43.9 Å². The van der Waals surface area contributed by atoms with Gasteiger partial charge in [0.1, 0.15) is 5.37 Å². The first-order valence-electron chi connectivity index (χ1n) is 6.83. The zero-order chi connectivity index (χ0) is 12.1. The van der Waals surface area contributed by atoms with Gasteiger partial charge in [-0.25, -0.2) is 4.21 Å². The monoisotopic (exact) mass is 260 g/mol. The van der Waals surface area contributed by atoms with Gasteiger partial charge < -0.3 is 9.45 Å². The first kappa shape index (κ1) is 13.5. The predicted molar refractivity (Wildman–Crippen MR) is 70.3 cm³/mol. The molecule has 0 amide bonds. The largest absolute Gasteiger partial charge is 0.305 e. The second-order valence-corrected chi connectivity index (χ2v) is 6.29. The average Bonchev–Trinajstić information content (AvgIpc) is 2.38. The molecular formula is C12H24N2O2S. The van der Waals surface area contributed by atoms with Crippen LogP contribution >= 0.6 is 0 Å². The lowest BCUT2D eigenvalue weighted by Gasteiger charge is -2.36. The standard InChI is InChI=1S/C12H24N2O2S/c15-17(16)12(14-9-5-2-6-10-14)11-13-7-3-1-4-8-13/h12H,1-11H2,(H,15,16). The minimum atomic E-state index is -1.72. The number of piperidine rings is 2. The summed E-state index contributed by atoms with van der Waals surface area (Å²) < 4.78 is 21.0. The normalized spacial score (nSPS) is 27.8. The number of likely N-dealkylation sites (tertiary alicyclic amines) is 2. The van der Waals surface area contributed by atoms with Crippen molar-refractivity contribution in [3.05, 3.63) is 0 Å². The molecule has 2 saturated heterocycles. The van der Waals surface area contributed by atoms with E-state index in [2.05, 4.69) is 9.80 Å². The molecule has 2 atom stereocenters. The molecule has 2 aliphatic rings. The van der Waals surface area contributed by atoms with Crippen molar-refractivity contribution in [2.24, 2.45) is 0 Å². The second kappa shape index (κ2) is 6.83. The summed E-state index contributed by atoms with van der Waals surface area (Å²) in [6, 6.07) is 0. The molecule has 2 rings (SSSR count). The van der Waals surface area contributed by atoms with Crippen LogP contribution in [0.1, 0.15) is 38.5 Å². The third kappa shape index (κ3) is 4.02. The summed E-state index contributed by atoms with van der Waals surface area (Å²) in [6.07, 6.45) is 7.41. The first-order chi connectivity index (χ1) is 8.27. The molecule has 0 radical (unpaired) electrons. The maximum absolute atomic E-state index is 11.5. The van der Waals surface area contributed by atoms with Gasteiger partial charge >= 0.3 is 0 Å². The molecule has 0 aliphatic carbocycles. The van der Waals surface area contributed by atoms with E-state index in [4.69, 9.17) is 0 Å². The molecule has 0 aromatic heterocycles. The topological polar surface area (TPSA) is 43.8 Å². The molecule has 2 heterocycles. The molecule has 17 heavy (non-hydrogen) atoms. The van der Waals surface area contributed by atoms with E-state index in [1.807, 2.05) is 0 Å². The van der Waals surface area contributed by atoms with Crippen molar-refractivity contribution in [3.63, 3.8) is 0 Å². The smallest absolute Gasteiger partial charge is 0.172 e. The predicted octanol–water partition coefficient (Wildman–Crippen LogP) is 1.51. The fourth-order valence-electron chi connectivity index (χ4n) is 2.88. The van der Waals surface area contributed by atoms with Crippen LogP contribution in [0.2, 0.25) is 0 Å². The second-order valence-electron chi connectivity index (χ2n) is 5.19. The van der Waals surface area contributed by atoms with Gasteiger partial charge in [0.25, 0.3) is 0 Å². The Bertz CT molecular complexity index is 251. The van der Waals surface area contributed by atoms with Crippen LogP contribution in [0.15, 0.2) is 0 Å². The summed E-state index contributed by atoms with van der Waals surface area (Å²) in [5, 5.41) is -0.173. The Morgan fingerprint density at radius 3 is 2.00 bits per heavy atom. The Kier molecular flexibility index (Phi) is 5.41. The van der Waals surface area contributed by atoms with Crippen LogP contribution in [0.5, 0.6) is 0 Å². The van der Waals surface area contributed by atoms with Crippen LogP contribution in [0.25, 0.3) is 0 Å². The number of nitrogens with zero attached hydrogens (tertiary/aromatic N) is 2. The third-order valence-electron chi connectivity index (χ3n) is 3.89. The van der Waals surface area contributed by atoms with Crippen LogP contribution < -0.4 is 0 Å². The van der Waals surface area contributed by atoms with E-state index < -0.39 is 11.1 Å². The summed E-state index contributed by atoms with van der Waals surface area (Å²) >= 11 is -1.72. The van der Waals surface area contributed by atoms with E-state index in [0.717, 1.165) is 32.7 Å². The lowest BCUT2D eigenvalue weighted by molar-refractivity contribution is 0.144.